The molecule has 3 aromatic rings. The third-order valence-corrected chi connectivity index (χ3v) is 2.94. The third-order valence-electron chi connectivity index (χ3n) is 2.94. The van der Waals surface area contributed by atoms with Crippen molar-refractivity contribution in [3.63, 3.8) is 0 Å². The van der Waals surface area contributed by atoms with Gasteiger partial charge in [0.25, 0.3) is 0 Å². The molecule has 3 rings (SSSR count). The van der Waals surface area contributed by atoms with Gasteiger partial charge in [-0.2, -0.15) is 5.10 Å². The van der Waals surface area contributed by atoms with Crippen molar-refractivity contribution in [1.82, 2.24) is 14.8 Å². The average molecular weight is 250 g/mol. The molecule has 0 spiro atoms. The van der Waals surface area contributed by atoms with Gasteiger partial charge >= 0.3 is 0 Å². The maximum Gasteiger partial charge on any atom is 0.181 e. The summed E-state index contributed by atoms with van der Waals surface area (Å²) in [4.78, 5) is 4.59. The Morgan fingerprint density at radius 2 is 1.68 bits per heavy atom. The lowest BCUT2D eigenvalue weighted by Crippen LogP contribution is -1.95. The van der Waals surface area contributed by atoms with E-state index in [2.05, 4.69) is 10.1 Å². The zero-order valence-corrected chi connectivity index (χ0v) is 10.6. The number of hydrogen-bond acceptors (Lipinski definition) is 3. The van der Waals surface area contributed by atoms with Crippen LogP contribution in [0, 0.1) is 0 Å². The molecule has 0 aliphatic carbocycles. The molecule has 1 aromatic heterocycles. The molecule has 0 aliphatic heterocycles. The second-order valence-corrected chi connectivity index (χ2v) is 4.37. The topological polar surface area (TPSA) is 56.7 Å². The SMILES string of the molecule is Cn1nc(-c2ccccc2)nc1-c1cccc(N)c1. The van der Waals surface area contributed by atoms with Gasteiger partial charge in [-0.15, -0.1) is 0 Å². The molecule has 0 saturated carbocycles. The molecule has 4 heteroatoms. The molecular weight excluding hydrogens is 236 g/mol. The van der Waals surface area contributed by atoms with E-state index in [1.54, 1.807) is 4.68 Å². The number of aromatic nitrogens is 3. The number of nitrogen functional groups attached to an aromatic ring is 1. The van der Waals surface area contributed by atoms with Gasteiger partial charge in [0.1, 0.15) is 0 Å². The van der Waals surface area contributed by atoms with E-state index in [1.165, 1.54) is 0 Å². The van der Waals surface area contributed by atoms with Gasteiger partial charge in [-0.25, -0.2) is 9.67 Å². The number of nitrogens with zero attached hydrogens (tertiary/aromatic N) is 3. The fourth-order valence-electron chi connectivity index (χ4n) is 2.02. The summed E-state index contributed by atoms with van der Waals surface area (Å²) < 4.78 is 1.77. The Labute approximate surface area is 111 Å². The second-order valence-electron chi connectivity index (χ2n) is 4.37. The van der Waals surface area contributed by atoms with Crippen molar-refractivity contribution in [1.29, 1.82) is 0 Å². The summed E-state index contributed by atoms with van der Waals surface area (Å²) in [6, 6.07) is 17.6. The van der Waals surface area contributed by atoms with E-state index >= 15 is 0 Å². The standard InChI is InChI=1S/C15H14N4/c1-19-15(12-8-5-9-13(16)10-12)17-14(18-19)11-6-3-2-4-7-11/h2-10H,16H2,1H3. The second kappa shape index (κ2) is 4.57. The summed E-state index contributed by atoms with van der Waals surface area (Å²) in [6.07, 6.45) is 0. The van der Waals surface area contributed by atoms with E-state index in [4.69, 9.17) is 5.73 Å². The van der Waals surface area contributed by atoms with Gasteiger partial charge in [0.15, 0.2) is 11.6 Å². The highest BCUT2D eigenvalue weighted by atomic mass is 15.3. The summed E-state index contributed by atoms with van der Waals surface area (Å²) >= 11 is 0. The lowest BCUT2D eigenvalue weighted by atomic mass is 10.2. The zero-order valence-electron chi connectivity index (χ0n) is 10.6. The molecule has 0 unspecified atom stereocenters. The zero-order chi connectivity index (χ0) is 13.2. The van der Waals surface area contributed by atoms with Crippen LogP contribution < -0.4 is 5.73 Å². The molecule has 2 aromatic carbocycles. The smallest absolute Gasteiger partial charge is 0.181 e. The van der Waals surface area contributed by atoms with Gasteiger partial charge < -0.3 is 5.73 Å². The van der Waals surface area contributed by atoms with E-state index in [-0.39, 0.29) is 0 Å². The van der Waals surface area contributed by atoms with E-state index < -0.39 is 0 Å². The number of hydrogen-bond donors (Lipinski definition) is 1. The van der Waals surface area contributed by atoms with Gasteiger partial charge in [0.05, 0.1) is 0 Å². The molecule has 0 aliphatic rings. The summed E-state index contributed by atoms with van der Waals surface area (Å²) in [5, 5.41) is 4.45. The molecule has 2 N–H and O–H groups in total. The quantitative estimate of drug-likeness (QED) is 0.711. The van der Waals surface area contributed by atoms with Crippen LogP contribution in [0.2, 0.25) is 0 Å². The maximum atomic E-state index is 5.81. The Balaban J connectivity index is 2.08. The summed E-state index contributed by atoms with van der Waals surface area (Å²) in [6.45, 7) is 0. The van der Waals surface area contributed by atoms with Crippen molar-refractivity contribution in [2.75, 3.05) is 5.73 Å². The molecule has 0 amide bonds. The molecule has 0 bridgehead atoms. The summed E-state index contributed by atoms with van der Waals surface area (Å²) in [7, 11) is 1.89. The van der Waals surface area contributed by atoms with Crippen molar-refractivity contribution >= 4 is 5.69 Å². The molecule has 1 heterocycles. The summed E-state index contributed by atoms with van der Waals surface area (Å²) in [5.74, 6) is 1.53. The Kier molecular flexibility index (Phi) is 2.76. The van der Waals surface area contributed by atoms with Gasteiger partial charge in [-0.05, 0) is 12.1 Å². The van der Waals surface area contributed by atoms with Crippen LogP contribution in [0.3, 0.4) is 0 Å². The summed E-state index contributed by atoms with van der Waals surface area (Å²) in [5.41, 5.74) is 8.51. The maximum absolute atomic E-state index is 5.81. The predicted molar refractivity (Wildman–Crippen MR) is 76.3 cm³/mol. The lowest BCUT2D eigenvalue weighted by Gasteiger charge is -2.00. The minimum Gasteiger partial charge on any atom is -0.399 e. The number of anilines is 1. The molecule has 19 heavy (non-hydrogen) atoms. The van der Waals surface area contributed by atoms with Crippen LogP contribution >= 0.6 is 0 Å². The van der Waals surface area contributed by atoms with Gasteiger partial charge in [-0.1, -0.05) is 42.5 Å². The first-order valence-corrected chi connectivity index (χ1v) is 6.06. The van der Waals surface area contributed by atoms with Crippen LogP contribution in [-0.4, -0.2) is 14.8 Å². The van der Waals surface area contributed by atoms with Gasteiger partial charge in [-0.3, -0.25) is 0 Å². The highest BCUT2D eigenvalue weighted by Gasteiger charge is 2.10. The highest BCUT2D eigenvalue weighted by Crippen LogP contribution is 2.22. The minimum atomic E-state index is 0.723. The molecule has 0 radical (unpaired) electrons. The number of rotatable bonds is 2. The number of nitrogens with two attached hydrogens (primary N) is 1. The van der Waals surface area contributed by atoms with Crippen LogP contribution in [0.15, 0.2) is 54.6 Å². The predicted octanol–water partition coefficient (Wildman–Crippen LogP) is 2.73. The first-order valence-electron chi connectivity index (χ1n) is 6.06. The van der Waals surface area contributed by atoms with Gasteiger partial charge in [0, 0.05) is 23.9 Å². The van der Waals surface area contributed by atoms with E-state index in [0.717, 1.165) is 28.5 Å². The Hall–Kier alpha value is -2.62. The monoisotopic (exact) mass is 250 g/mol. The van der Waals surface area contributed by atoms with Crippen molar-refractivity contribution < 1.29 is 0 Å². The highest BCUT2D eigenvalue weighted by molar-refractivity contribution is 5.64. The van der Waals surface area contributed by atoms with Crippen molar-refractivity contribution in [2.45, 2.75) is 0 Å². The fourth-order valence-corrected chi connectivity index (χ4v) is 2.02. The van der Waals surface area contributed by atoms with Crippen LogP contribution in [0.4, 0.5) is 5.69 Å². The molecule has 4 nitrogen and oxygen atoms in total. The normalized spacial score (nSPS) is 10.6. The van der Waals surface area contributed by atoms with Crippen molar-refractivity contribution in [2.24, 2.45) is 7.05 Å². The molecule has 0 fully saturated rings. The van der Waals surface area contributed by atoms with E-state index in [1.807, 2.05) is 61.6 Å². The van der Waals surface area contributed by atoms with Crippen LogP contribution in [0.1, 0.15) is 0 Å². The van der Waals surface area contributed by atoms with Crippen LogP contribution in [0.5, 0.6) is 0 Å². The first kappa shape index (κ1) is 11.5. The van der Waals surface area contributed by atoms with E-state index in [9.17, 15) is 0 Å². The Bertz CT molecular complexity index is 701. The Morgan fingerprint density at radius 3 is 2.42 bits per heavy atom. The molecule has 0 saturated heterocycles. The fraction of sp³-hybridized carbons (Fsp3) is 0.0667. The molecule has 94 valence electrons. The van der Waals surface area contributed by atoms with Gasteiger partial charge in [0.2, 0.25) is 0 Å². The average Bonchev–Trinajstić information content (AvgIpc) is 2.82. The van der Waals surface area contributed by atoms with Crippen LogP contribution in [0.25, 0.3) is 22.8 Å². The van der Waals surface area contributed by atoms with Crippen molar-refractivity contribution in [3.05, 3.63) is 54.6 Å². The molecule has 0 atom stereocenters. The molecular formula is C15H14N4. The third kappa shape index (κ3) is 2.20. The number of benzene rings is 2. The lowest BCUT2D eigenvalue weighted by molar-refractivity contribution is 0.777. The largest absolute Gasteiger partial charge is 0.399 e. The van der Waals surface area contributed by atoms with Crippen molar-refractivity contribution in [3.8, 4) is 22.8 Å². The number of aryl methyl sites for hydroxylation is 1. The first-order chi connectivity index (χ1) is 9.24. The van der Waals surface area contributed by atoms with Crippen LogP contribution in [-0.2, 0) is 7.05 Å². The minimum absolute atomic E-state index is 0.723. The Morgan fingerprint density at radius 1 is 0.947 bits per heavy atom. The van der Waals surface area contributed by atoms with E-state index in [0.29, 0.717) is 0 Å².